The average molecular weight is 261 g/mol. The van der Waals surface area contributed by atoms with Gasteiger partial charge in [0, 0.05) is 0 Å². The quantitative estimate of drug-likeness (QED) is 0.701. The molecule has 1 fully saturated rings. The Balaban J connectivity index is 2.34. The van der Waals surface area contributed by atoms with Crippen LogP contribution in [0.25, 0.3) is 0 Å². The van der Waals surface area contributed by atoms with Crippen LogP contribution in [0.3, 0.4) is 0 Å². The molecule has 0 aromatic heterocycles. The van der Waals surface area contributed by atoms with Crippen LogP contribution in [-0.4, -0.2) is 38.7 Å². The van der Waals surface area contributed by atoms with Gasteiger partial charge in [-0.25, -0.2) is 0 Å². The molecule has 0 unspecified atom stereocenters. The number of hydrogen-bond donors (Lipinski definition) is 0. The first-order chi connectivity index (χ1) is 5.08. The van der Waals surface area contributed by atoms with Gasteiger partial charge >= 0.3 is 72.9 Å². The second kappa shape index (κ2) is 3.96. The van der Waals surface area contributed by atoms with Crippen LogP contribution in [0.2, 0.25) is 14.8 Å². The van der Waals surface area contributed by atoms with E-state index in [0.717, 1.165) is 13.2 Å². The summed E-state index contributed by atoms with van der Waals surface area (Å²) in [6.45, 7) is 1.49. The van der Waals surface area contributed by atoms with Crippen molar-refractivity contribution < 1.29 is 9.31 Å². The molecule has 1 saturated heterocycles. The molecular weight excluding hydrogens is 246 g/mol. The van der Waals surface area contributed by atoms with Gasteiger partial charge < -0.3 is 0 Å². The SMILES string of the molecule is [CH3][Sn]([CH3])([CH3])/[CH]=C\B1OCCO1. The Bertz CT molecular complexity index is 147. The first-order valence-electron chi connectivity index (χ1n) is 4.00. The van der Waals surface area contributed by atoms with Crippen molar-refractivity contribution in [1.29, 1.82) is 0 Å². The zero-order valence-electron chi connectivity index (χ0n) is 7.46. The van der Waals surface area contributed by atoms with Gasteiger partial charge in [-0.2, -0.15) is 0 Å². The molecule has 0 saturated carbocycles. The normalized spacial score (nSPS) is 20.1. The summed E-state index contributed by atoms with van der Waals surface area (Å²) in [5, 5.41) is 0. The van der Waals surface area contributed by atoms with E-state index in [9.17, 15) is 0 Å². The summed E-state index contributed by atoms with van der Waals surface area (Å²) in [5.41, 5.74) is 0. The fourth-order valence-electron chi connectivity index (χ4n) is 0.855. The van der Waals surface area contributed by atoms with Crippen LogP contribution in [0.1, 0.15) is 0 Å². The molecule has 0 aromatic rings. The summed E-state index contributed by atoms with van der Waals surface area (Å²) < 4.78 is 12.9. The Morgan fingerprint density at radius 1 is 1.18 bits per heavy atom. The van der Waals surface area contributed by atoms with E-state index in [-0.39, 0.29) is 7.12 Å². The predicted molar refractivity (Wildman–Crippen MR) is 50.1 cm³/mol. The Hall–Kier alpha value is 0.524. The maximum atomic E-state index is 5.27. The van der Waals surface area contributed by atoms with Crippen LogP contribution in [-0.2, 0) is 9.31 Å². The number of hydrogen-bond acceptors (Lipinski definition) is 2. The van der Waals surface area contributed by atoms with Gasteiger partial charge in [-0.05, 0) is 0 Å². The Kier molecular flexibility index (Phi) is 3.46. The van der Waals surface area contributed by atoms with E-state index in [4.69, 9.17) is 9.31 Å². The van der Waals surface area contributed by atoms with E-state index in [2.05, 4.69) is 24.9 Å². The molecule has 0 atom stereocenters. The van der Waals surface area contributed by atoms with Gasteiger partial charge in [0.2, 0.25) is 0 Å². The summed E-state index contributed by atoms with van der Waals surface area (Å²) >= 11 is -1.72. The zero-order valence-corrected chi connectivity index (χ0v) is 10.3. The molecule has 62 valence electrons. The third-order valence-electron chi connectivity index (χ3n) is 1.40. The third-order valence-corrected chi connectivity index (χ3v) is 4.80. The first-order valence-corrected chi connectivity index (χ1v) is 14.2. The van der Waals surface area contributed by atoms with Gasteiger partial charge in [-0.3, -0.25) is 0 Å². The molecule has 0 aliphatic carbocycles. The molecule has 2 nitrogen and oxygen atoms in total. The maximum absolute atomic E-state index is 5.27. The van der Waals surface area contributed by atoms with E-state index >= 15 is 0 Å². The molecule has 4 heteroatoms. The zero-order chi connectivity index (χ0) is 8.32. The molecule has 0 bridgehead atoms. The number of rotatable bonds is 2. The van der Waals surface area contributed by atoms with Crippen molar-refractivity contribution in [3.8, 4) is 0 Å². The van der Waals surface area contributed by atoms with Crippen molar-refractivity contribution in [2.75, 3.05) is 13.2 Å². The molecule has 0 amide bonds. The average Bonchev–Trinajstić information content (AvgIpc) is 2.32. The summed E-state index contributed by atoms with van der Waals surface area (Å²) in [6, 6.07) is 0. The van der Waals surface area contributed by atoms with Crippen LogP contribution in [0.5, 0.6) is 0 Å². The third kappa shape index (κ3) is 4.18. The van der Waals surface area contributed by atoms with E-state index < -0.39 is 18.4 Å². The van der Waals surface area contributed by atoms with Gasteiger partial charge in [0.05, 0.1) is 0 Å². The van der Waals surface area contributed by atoms with Gasteiger partial charge in [0.15, 0.2) is 0 Å². The van der Waals surface area contributed by atoms with Crippen molar-refractivity contribution >= 4 is 25.5 Å². The fourth-order valence-corrected chi connectivity index (χ4v) is 2.95. The minimum absolute atomic E-state index is 0.0501. The minimum atomic E-state index is -1.72. The summed E-state index contributed by atoms with van der Waals surface area (Å²) in [7, 11) is -0.0501. The van der Waals surface area contributed by atoms with Crippen molar-refractivity contribution in [2.45, 2.75) is 14.8 Å². The molecule has 1 rings (SSSR count). The van der Waals surface area contributed by atoms with Crippen LogP contribution in [0.15, 0.2) is 10.1 Å². The molecular formula is C7H15BO2Sn. The molecule has 0 spiro atoms. The second-order valence-electron chi connectivity index (χ2n) is 3.84. The summed E-state index contributed by atoms with van der Waals surface area (Å²) in [5.74, 6) is 2.07. The molecule has 0 aromatic carbocycles. The van der Waals surface area contributed by atoms with Gasteiger partial charge in [0.25, 0.3) is 0 Å². The van der Waals surface area contributed by atoms with Crippen LogP contribution >= 0.6 is 0 Å². The molecule has 1 heterocycles. The fraction of sp³-hybridized carbons (Fsp3) is 0.714. The first kappa shape index (κ1) is 9.61. The monoisotopic (exact) mass is 262 g/mol. The summed E-state index contributed by atoms with van der Waals surface area (Å²) in [6.07, 6.45) is 0. The van der Waals surface area contributed by atoms with Crippen LogP contribution in [0, 0.1) is 0 Å². The van der Waals surface area contributed by atoms with E-state index in [1.165, 1.54) is 0 Å². The molecule has 1 aliphatic rings. The Morgan fingerprint density at radius 2 is 1.73 bits per heavy atom. The van der Waals surface area contributed by atoms with Crippen molar-refractivity contribution in [3.05, 3.63) is 10.1 Å². The van der Waals surface area contributed by atoms with Crippen LogP contribution < -0.4 is 0 Å². The summed E-state index contributed by atoms with van der Waals surface area (Å²) in [4.78, 5) is 7.08. The van der Waals surface area contributed by atoms with Gasteiger partial charge in [-0.1, -0.05) is 0 Å². The van der Waals surface area contributed by atoms with E-state index in [0.29, 0.717) is 0 Å². The second-order valence-corrected chi connectivity index (χ2v) is 18.3. The molecule has 1 aliphatic heterocycles. The van der Waals surface area contributed by atoms with E-state index in [1.807, 2.05) is 0 Å². The Morgan fingerprint density at radius 3 is 2.18 bits per heavy atom. The molecule has 0 N–H and O–H groups in total. The van der Waals surface area contributed by atoms with Crippen molar-refractivity contribution in [2.24, 2.45) is 0 Å². The molecule has 0 radical (unpaired) electrons. The predicted octanol–water partition coefficient (Wildman–Crippen LogP) is 1.49. The van der Waals surface area contributed by atoms with E-state index in [1.54, 1.807) is 0 Å². The molecule has 11 heavy (non-hydrogen) atoms. The topological polar surface area (TPSA) is 18.5 Å². The van der Waals surface area contributed by atoms with Gasteiger partial charge in [0.1, 0.15) is 0 Å². The van der Waals surface area contributed by atoms with Crippen molar-refractivity contribution in [1.82, 2.24) is 0 Å². The standard InChI is InChI=1S/C4H6BO2.3CH3.Sn/c1-2-5-6-3-4-7-5;;;;/h1-2H,3-4H2;3*1H3;. The van der Waals surface area contributed by atoms with Gasteiger partial charge in [-0.15, -0.1) is 0 Å². The Labute approximate surface area is 73.0 Å². The van der Waals surface area contributed by atoms with Crippen LogP contribution in [0.4, 0.5) is 0 Å². The van der Waals surface area contributed by atoms with Crippen molar-refractivity contribution in [3.63, 3.8) is 0 Å².